The molecule has 2 aromatic heterocycles. The van der Waals surface area contributed by atoms with Crippen molar-refractivity contribution in [2.75, 3.05) is 0 Å². The van der Waals surface area contributed by atoms with Crippen LogP contribution in [-0.2, 0) is 4.79 Å². The molecule has 7 heteroatoms. The summed E-state index contributed by atoms with van der Waals surface area (Å²) in [5.74, 6) is -1.85. The van der Waals surface area contributed by atoms with Gasteiger partial charge in [-0.2, -0.15) is 0 Å². The zero-order valence-corrected chi connectivity index (χ0v) is 10.8. The number of rotatable bonds is 4. The minimum absolute atomic E-state index is 0.292. The van der Waals surface area contributed by atoms with Gasteiger partial charge in [0.1, 0.15) is 16.9 Å². The van der Waals surface area contributed by atoms with Gasteiger partial charge in [0.15, 0.2) is 0 Å². The molecular formula is C11H13N3O3S. The second-order valence-electron chi connectivity index (χ2n) is 4.11. The zero-order valence-electron chi connectivity index (χ0n) is 9.95. The monoisotopic (exact) mass is 267 g/mol. The van der Waals surface area contributed by atoms with Gasteiger partial charge in [0.25, 0.3) is 5.91 Å². The lowest BCUT2D eigenvalue weighted by Gasteiger charge is -2.17. The highest BCUT2D eigenvalue weighted by Gasteiger charge is 2.22. The SMILES string of the molecule is CC(NC(=O)c1csc2cncn12)C(C)C(=O)O. The molecule has 2 N–H and O–H groups in total. The highest BCUT2D eigenvalue weighted by molar-refractivity contribution is 7.15. The van der Waals surface area contributed by atoms with Crippen LogP contribution in [0.3, 0.4) is 0 Å². The molecule has 0 aromatic carbocycles. The number of amides is 1. The Hall–Kier alpha value is -1.89. The number of carboxylic acid groups (broad SMARTS) is 1. The van der Waals surface area contributed by atoms with E-state index < -0.39 is 17.9 Å². The first-order valence-electron chi connectivity index (χ1n) is 5.44. The van der Waals surface area contributed by atoms with Crippen LogP contribution in [-0.4, -0.2) is 32.4 Å². The van der Waals surface area contributed by atoms with Gasteiger partial charge in [0, 0.05) is 11.4 Å². The molecule has 0 aliphatic rings. The summed E-state index contributed by atoms with van der Waals surface area (Å²) in [6, 6.07) is -0.437. The minimum atomic E-state index is -0.930. The maximum Gasteiger partial charge on any atom is 0.308 e. The average Bonchev–Trinajstić information content (AvgIpc) is 2.88. The highest BCUT2D eigenvalue weighted by atomic mass is 32.1. The first kappa shape index (κ1) is 12.6. The molecule has 96 valence electrons. The molecule has 2 unspecified atom stereocenters. The predicted octanol–water partition coefficient (Wildman–Crippen LogP) is 1.23. The Kier molecular flexibility index (Phi) is 3.33. The predicted molar refractivity (Wildman–Crippen MR) is 66.8 cm³/mol. The van der Waals surface area contributed by atoms with E-state index in [4.69, 9.17) is 5.11 Å². The van der Waals surface area contributed by atoms with E-state index in [-0.39, 0.29) is 5.91 Å². The third-order valence-corrected chi connectivity index (χ3v) is 3.77. The van der Waals surface area contributed by atoms with Gasteiger partial charge in [-0.3, -0.25) is 14.0 Å². The van der Waals surface area contributed by atoms with Crippen molar-refractivity contribution in [3.63, 3.8) is 0 Å². The van der Waals surface area contributed by atoms with Crippen molar-refractivity contribution >= 4 is 28.0 Å². The number of nitrogens with one attached hydrogen (secondary N) is 1. The number of fused-ring (bicyclic) bond motifs is 1. The second-order valence-corrected chi connectivity index (χ2v) is 5.00. The third kappa shape index (κ3) is 2.21. The highest BCUT2D eigenvalue weighted by Crippen LogP contribution is 2.16. The normalized spacial score (nSPS) is 14.3. The van der Waals surface area contributed by atoms with Crippen molar-refractivity contribution in [1.82, 2.24) is 14.7 Å². The van der Waals surface area contributed by atoms with Gasteiger partial charge in [-0.15, -0.1) is 11.3 Å². The average molecular weight is 267 g/mol. The number of hydrogen-bond acceptors (Lipinski definition) is 4. The lowest BCUT2D eigenvalue weighted by molar-refractivity contribution is -0.141. The molecule has 18 heavy (non-hydrogen) atoms. The summed E-state index contributed by atoms with van der Waals surface area (Å²) < 4.78 is 1.68. The molecule has 2 aromatic rings. The van der Waals surface area contributed by atoms with Crippen LogP contribution in [0.2, 0.25) is 0 Å². The number of carbonyl (C=O) groups excluding carboxylic acids is 1. The molecular weight excluding hydrogens is 254 g/mol. The lowest BCUT2D eigenvalue weighted by Crippen LogP contribution is -2.40. The first-order chi connectivity index (χ1) is 8.50. The molecule has 0 bridgehead atoms. The van der Waals surface area contributed by atoms with E-state index in [1.54, 1.807) is 36.2 Å². The Balaban J connectivity index is 2.13. The maximum atomic E-state index is 12.0. The summed E-state index contributed by atoms with van der Waals surface area (Å²) in [5.41, 5.74) is 0.469. The third-order valence-electron chi connectivity index (χ3n) is 2.89. The molecule has 0 fully saturated rings. The molecule has 2 heterocycles. The summed E-state index contributed by atoms with van der Waals surface area (Å²) in [4.78, 5) is 27.6. The van der Waals surface area contributed by atoms with Gasteiger partial charge < -0.3 is 10.4 Å². The van der Waals surface area contributed by atoms with Crippen molar-refractivity contribution in [2.45, 2.75) is 19.9 Å². The van der Waals surface area contributed by atoms with Crippen molar-refractivity contribution in [2.24, 2.45) is 5.92 Å². The van der Waals surface area contributed by atoms with Gasteiger partial charge in [0.2, 0.25) is 0 Å². The molecule has 0 saturated heterocycles. The zero-order chi connectivity index (χ0) is 13.3. The van der Waals surface area contributed by atoms with Crippen LogP contribution in [0.4, 0.5) is 0 Å². The van der Waals surface area contributed by atoms with Crippen LogP contribution in [0, 0.1) is 5.92 Å². The van der Waals surface area contributed by atoms with Gasteiger partial charge in [-0.1, -0.05) is 0 Å². The summed E-state index contributed by atoms with van der Waals surface area (Å²) in [6.45, 7) is 3.24. The minimum Gasteiger partial charge on any atom is -0.481 e. The number of hydrogen-bond donors (Lipinski definition) is 2. The molecule has 0 aliphatic carbocycles. The summed E-state index contributed by atoms with van der Waals surface area (Å²) in [5, 5.41) is 13.3. The second kappa shape index (κ2) is 4.77. The Morgan fingerprint density at radius 3 is 2.89 bits per heavy atom. The smallest absolute Gasteiger partial charge is 0.308 e. The van der Waals surface area contributed by atoms with Crippen LogP contribution >= 0.6 is 11.3 Å². The van der Waals surface area contributed by atoms with E-state index >= 15 is 0 Å². The Morgan fingerprint density at radius 2 is 2.22 bits per heavy atom. The number of carboxylic acids is 1. The van der Waals surface area contributed by atoms with Crippen LogP contribution in [0.25, 0.3) is 4.83 Å². The van der Waals surface area contributed by atoms with Gasteiger partial charge in [0.05, 0.1) is 12.1 Å². The Morgan fingerprint density at radius 1 is 1.50 bits per heavy atom. The first-order valence-corrected chi connectivity index (χ1v) is 6.32. The maximum absolute atomic E-state index is 12.0. The van der Waals surface area contributed by atoms with E-state index in [1.165, 1.54) is 11.3 Å². The van der Waals surface area contributed by atoms with Gasteiger partial charge >= 0.3 is 5.97 Å². The Labute approximate surface area is 107 Å². The largest absolute Gasteiger partial charge is 0.481 e. The fourth-order valence-electron chi connectivity index (χ4n) is 1.51. The molecule has 0 aliphatic heterocycles. The van der Waals surface area contributed by atoms with E-state index in [1.807, 2.05) is 0 Å². The van der Waals surface area contributed by atoms with Crippen LogP contribution in [0.5, 0.6) is 0 Å². The topological polar surface area (TPSA) is 83.7 Å². The van der Waals surface area contributed by atoms with Crippen molar-refractivity contribution in [3.8, 4) is 0 Å². The van der Waals surface area contributed by atoms with E-state index in [9.17, 15) is 9.59 Å². The molecule has 0 radical (unpaired) electrons. The van der Waals surface area contributed by atoms with Crippen molar-refractivity contribution < 1.29 is 14.7 Å². The van der Waals surface area contributed by atoms with Crippen molar-refractivity contribution in [1.29, 1.82) is 0 Å². The summed E-state index contributed by atoms with van der Waals surface area (Å²) >= 11 is 1.41. The van der Waals surface area contributed by atoms with Gasteiger partial charge in [-0.05, 0) is 13.8 Å². The number of imidazole rings is 1. The van der Waals surface area contributed by atoms with E-state index in [0.29, 0.717) is 5.69 Å². The fraction of sp³-hybridized carbons (Fsp3) is 0.364. The quantitative estimate of drug-likeness (QED) is 0.872. The molecule has 2 rings (SSSR count). The summed E-state index contributed by atoms with van der Waals surface area (Å²) in [6.07, 6.45) is 3.23. The molecule has 0 saturated carbocycles. The standard InChI is InChI=1S/C11H13N3O3S/c1-6(11(16)17)7(2)13-10(15)8-4-18-9-3-12-5-14(8)9/h3-7H,1-2H3,(H,13,15)(H,16,17). The number of thiazole rings is 1. The molecule has 0 spiro atoms. The fourth-order valence-corrected chi connectivity index (χ4v) is 2.34. The summed E-state index contributed by atoms with van der Waals surface area (Å²) in [7, 11) is 0. The molecule has 2 atom stereocenters. The van der Waals surface area contributed by atoms with Gasteiger partial charge in [-0.25, -0.2) is 4.98 Å². The van der Waals surface area contributed by atoms with Crippen LogP contribution in [0.15, 0.2) is 17.9 Å². The lowest BCUT2D eigenvalue weighted by atomic mass is 10.0. The van der Waals surface area contributed by atoms with Crippen LogP contribution < -0.4 is 5.32 Å². The number of aromatic nitrogens is 2. The van der Waals surface area contributed by atoms with Crippen molar-refractivity contribution in [3.05, 3.63) is 23.6 Å². The number of nitrogens with zero attached hydrogens (tertiary/aromatic N) is 2. The van der Waals surface area contributed by atoms with E-state index in [0.717, 1.165) is 4.83 Å². The van der Waals surface area contributed by atoms with Crippen LogP contribution in [0.1, 0.15) is 24.3 Å². The molecule has 6 nitrogen and oxygen atoms in total. The Bertz CT molecular complexity index is 589. The van der Waals surface area contributed by atoms with E-state index in [2.05, 4.69) is 10.3 Å². The number of aliphatic carboxylic acids is 1. The number of carbonyl (C=O) groups is 2. The molecule has 1 amide bonds.